The molecule has 3 rings (SSSR count). The van der Waals surface area contributed by atoms with Gasteiger partial charge in [-0.3, -0.25) is 0 Å². The van der Waals surface area contributed by atoms with E-state index in [1.54, 1.807) is 6.20 Å². The SMILES string of the molecule is COC(=O)/C=C/N1CC/C=C(/C(=O)OC)c2[nH]c3ccccc3c2CC1. The van der Waals surface area contributed by atoms with E-state index in [1.165, 1.54) is 20.3 Å². The second-order valence-corrected chi connectivity index (χ2v) is 6.05. The third-order valence-electron chi connectivity index (χ3n) is 4.52. The molecule has 0 saturated heterocycles. The van der Waals surface area contributed by atoms with Crippen LogP contribution < -0.4 is 0 Å². The maximum atomic E-state index is 12.3. The average Bonchev–Trinajstić information content (AvgIpc) is 3.06. The predicted molar refractivity (Wildman–Crippen MR) is 99.3 cm³/mol. The highest BCUT2D eigenvalue weighted by atomic mass is 16.5. The lowest BCUT2D eigenvalue weighted by Gasteiger charge is -2.18. The molecule has 0 atom stereocenters. The number of benzene rings is 1. The second-order valence-electron chi connectivity index (χ2n) is 6.05. The van der Waals surface area contributed by atoms with Gasteiger partial charge in [0.1, 0.15) is 0 Å². The average molecular weight is 354 g/mol. The zero-order valence-electron chi connectivity index (χ0n) is 15.0. The monoisotopic (exact) mass is 354 g/mol. The van der Waals surface area contributed by atoms with Crippen LogP contribution >= 0.6 is 0 Å². The Morgan fingerprint density at radius 2 is 1.96 bits per heavy atom. The highest BCUT2D eigenvalue weighted by Crippen LogP contribution is 2.30. The number of rotatable bonds is 3. The topological polar surface area (TPSA) is 71.6 Å². The molecule has 26 heavy (non-hydrogen) atoms. The number of esters is 2. The number of aromatic amines is 1. The van der Waals surface area contributed by atoms with Crippen molar-refractivity contribution in [2.45, 2.75) is 12.8 Å². The molecule has 0 bridgehead atoms. The van der Waals surface area contributed by atoms with Crippen molar-refractivity contribution >= 4 is 28.4 Å². The Labute approximate surface area is 152 Å². The van der Waals surface area contributed by atoms with Gasteiger partial charge in [-0.2, -0.15) is 0 Å². The molecular weight excluding hydrogens is 332 g/mol. The van der Waals surface area contributed by atoms with Gasteiger partial charge >= 0.3 is 11.9 Å². The number of ether oxygens (including phenoxy) is 2. The standard InChI is InChI=1S/C20H22N2O4/c1-25-18(23)10-13-22-11-5-7-16(20(24)26-2)19-15(9-12-22)14-6-3-4-8-17(14)21-19/h3-4,6-8,10,13,21H,5,9,11-12H2,1-2H3/b13-10+,16-7+. The molecule has 0 amide bonds. The highest BCUT2D eigenvalue weighted by Gasteiger charge is 2.22. The first-order valence-corrected chi connectivity index (χ1v) is 8.52. The Morgan fingerprint density at radius 3 is 2.73 bits per heavy atom. The molecule has 136 valence electrons. The van der Waals surface area contributed by atoms with Gasteiger partial charge in [0.15, 0.2) is 0 Å². The van der Waals surface area contributed by atoms with Crippen LogP contribution in [0.4, 0.5) is 0 Å². The summed E-state index contributed by atoms with van der Waals surface area (Å²) in [4.78, 5) is 29.1. The lowest BCUT2D eigenvalue weighted by Crippen LogP contribution is -2.21. The number of hydrogen-bond acceptors (Lipinski definition) is 5. The Hall–Kier alpha value is -3.02. The molecule has 0 aliphatic carbocycles. The lowest BCUT2D eigenvalue weighted by molar-refractivity contribution is -0.135. The van der Waals surface area contributed by atoms with Gasteiger partial charge in [0, 0.05) is 36.3 Å². The van der Waals surface area contributed by atoms with E-state index in [1.807, 2.05) is 30.3 Å². The summed E-state index contributed by atoms with van der Waals surface area (Å²) in [5.74, 6) is -0.736. The summed E-state index contributed by atoms with van der Waals surface area (Å²) < 4.78 is 9.64. The second kappa shape index (κ2) is 7.91. The van der Waals surface area contributed by atoms with Gasteiger partial charge in [0.2, 0.25) is 0 Å². The summed E-state index contributed by atoms with van der Waals surface area (Å²) in [5, 5.41) is 1.09. The molecule has 1 aliphatic rings. The minimum absolute atomic E-state index is 0.351. The number of methoxy groups -OCH3 is 2. The minimum Gasteiger partial charge on any atom is -0.466 e. The molecule has 0 saturated carbocycles. The van der Waals surface area contributed by atoms with E-state index in [-0.39, 0.29) is 11.9 Å². The van der Waals surface area contributed by atoms with Crippen LogP contribution in [0.1, 0.15) is 17.7 Å². The molecule has 0 unspecified atom stereocenters. The number of nitrogens with zero attached hydrogens (tertiary/aromatic N) is 1. The van der Waals surface area contributed by atoms with Crippen LogP contribution in [0.25, 0.3) is 16.5 Å². The number of fused-ring (bicyclic) bond motifs is 3. The Bertz CT molecular complexity index is 879. The van der Waals surface area contributed by atoms with Crippen molar-refractivity contribution in [3.8, 4) is 0 Å². The lowest BCUT2D eigenvalue weighted by atomic mass is 10.0. The van der Waals surface area contributed by atoms with E-state index in [9.17, 15) is 9.59 Å². The van der Waals surface area contributed by atoms with Gasteiger partial charge in [0.25, 0.3) is 0 Å². The van der Waals surface area contributed by atoms with Gasteiger partial charge in [0.05, 0.1) is 25.5 Å². The molecule has 0 fully saturated rings. The first-order valence-electron chi connectivity index (χ1n) is 8.52. The molecule has 0 spiro atoms. The third-order valence-corrected chi connectivity index (χ3v) is 4.52. The zero-order chi connectivity index (χ0) is 18.5. The van der Waals surface area contributed by atoms with Crippen LogP contribution in [0.5, 0.6) is 0 Å². The van der Waals surface area contributed by atoms with Gasteiger partial charge in [-0.15, -0.1) is 0 Å². The predicted octanol–water partition coefficient (Wildman–Crippen LogP) is 2.66. The fourth-order valence-electron chi connectivity index (χ4n) is 3.21. The molecule has 1 aliphatic heterocycles. The number of hydrogen-bond donors (Lipinski definition) is 1. The number of carbonyl (C=O) groups is 2. The van der Waals surface area contributed by atoms with Crippen molar-refractivity contribution in [1.29, 1.82) is 0 Å². The normalized spacial score (nSPS) is 17.0. The maximum Gasteiger partial charge on any atom is 0.339 e. The summed E-state index contributed by atoms with van der Waals surface area (Å²) in [7, 11) is 2.75. The van der Waals surface area contributed by atoms with Crippen LogP contribution in [-0.2, 0) is 25.5 Å². The number of H-pyrrole nitrogens is 1. The molecule has 6 heteroatoms. The largest absolute Gasteiger partial charge is 0.466 e. The first kappa shape index (κ1) is 17.8. The Morgan fingerprint density at radius 1 is 1.15 bits per heavy atom. The number of carbonyl (C=O) groups excluding carboxylic acids is 2. The quantitative estimate of drug-likeness (QED) is 0.678. The Balaban J connectivity index is 2.01. The van der Waals surface area contributed by atoms with E-state index in [4.69, 9.17) is 4.74 Å². The maximum absolute atomic E-state index is 12.3. The van der Waals surface area contributed by atoms with Gasteiger partial charge in [-0.05, 0) is 24.5 Å². The van der Waals surface area contributed by atoms with E-state index < -0.39 is 0 Å². The molecule has 2 aromatic rings. The molecule has 1 aromatic heterocycles. The van der Waals surface area contributed by atoms with Crippen LogP contribution in [0, 0.1) is 0 Å². The highest BCUT2D eigenvalue weighted by molar-refractivity contribution is 6.17. The summed E-state index contributed by atoms with van der Waals surface area (Å²) in [6, 6.07) is 7.99. The van der Waals surface area contributed by atoms with Gasteiger partial charge in [-0.25, -0.2) is 9.59 Å². The van der Waals surface area contributed by atoms with E-state index in [0.717, 1.165) is 35.1 Å². The van der Waals surface area contributed by atoms with Crippen molar-refractivity contribution < 1.29 is 19.1 Å². The van der Waals surface area contributed by atoms with E-state index >= 15 is 0 Å². The van der Waals surface area contributed by atoms with Crippen LogP contribution in [0.2, 0.25) is 0 Å². The van der Waals surface area contributed by atoms with Crippen LogP contribution in [0.3, 0.4) is 0 Å². The van der Waals surface area contributed by atoms with Crippen molar-refractivity contribution in [2.75, 3.05) is 27.3 Å². The fraction of sp³-hybridized carbons (Fsp3) is 0.300. The minimum atomic E-state index is -0.386. The molecule has 1 aromatic carbocycles. The summed E-state index contributed by atoms with van der Waals surface area (Å²) in [6.07, 6.45) is 6.45. The van der Waals surface area contributed by atoms with Crippen molar-refractivity contribution in [3.63, 3.8) is 0 Å². The van der Waals surface area contributed by atoms with E-state index in [0.29, 0.717) is 18.5 Å². The number of aromatic nitrogens is 1. The van der Waals surface area contributed by atoms with Gasteiger partial charge in [-0.1, -0.05) is 24.3 Å². The third kappa shape index (κ3) is 3.64. The number of nitrogens with one attached hydrogen (secondary N) is 1. The molecule has 6 nitrogen and oxygen atoms in total. The van der Waals surface area contributed by atoms with Crippen LogP contribution in [-0.4, -0.2) is 49.1 Å². The molecule has 0 radical (unpaired) electrons. The van der Waals surface area contributed by atoms with Gasteiger partial charge < -0.3 is 19.4 Å². The van der Waals surface area contributed by atoms with Crippen molar-refractivity contribution in [1.82, 2.24) is 9.88 Å². The smallest absolute Gasteiger partial charge is 0.339 e. The fourth-order valence-corrected chi connectivity index (χ4v) is 3.21. The first-order chi connectivity index (χ1) is 12.6. The Kier molecular flexibility index (Phi) is 5.41. The van der Waals surface area contributed by atoms with E-state index in [2.05, 4.69) is 14.6 Å². The molecular formula is C20H22N2O4. The van der Waals surface area contributed by atoms with Crippen molar-refractivity contribution in [3.05, 3.63) is 53.9 Å². The summed E-state index contributed by atoms with van der Waals surface area (Å²) >= 11 is 0. The van der Waals surface area contributed by atoms with Crippen molar-refractivity contribution in [2.24, 2.45) is 0 Å². The zero-order valence-corrected chi connectivity index (χ0v) is 15.0. The molecule has 1 N–H and O–H groups in total. The molecule has 2 heterocycles. The summed E-state index contributed by atoms with van der Waals surface area (Å²) in [5.41, 5.74) is 3.44. The number of para-hydroxylation sites is 1. The summed E-state index contributed by atoms with van der Waals surface area (Å²) in [6.45, 7) is 1.42. The van der Waals surface area contributed by atoms with Crippen LogP contribution in [0.15, 0.2) is 42.6 Å².